The predicted octanol–water partition coefficient (Wildman–Crippen LogP) is 4.61. The highest BCUT2D eigenvalue weighted by molar-refractivity contribution is 8.14. The summed E-state index contributed by atoms with van der Waals surface area (Å²) in [6.07, 6.45) is 2.30. The minimum atomic E-state index is 0. The van der Waals surface area contributed by atoms with Gasteiger partial charge in [-0.3, -0.25) is 0 Å². The molecule has 0 bridgehead atoms. The van der Waals surface area contributed by atoms with Gasteiger partial charge in [0, 0.05) is 22.9 Å². The minimum absolute atomic E-state index is 0. The summed E-state index contributed by atoms with van der Waals surface area (Å²) in [7, 11) is 0. The summed E-state index contributed by atoms with van der Waals surface area (Å²) in [6.45, 7) is 3.10. The molecule has 0 atom stereocenters. The monoisotopic (exact) mass is 351 g/mol. The molecule has 20 heavy (non-hydrogen) atoms. The third kappa shape index (κ3) is 4.85. The molecule has 1 N–H and O–H groups in total. The van der Waals surface area contributed by atoms with E-state index in [0.717, 1.165) is 35.2 Å². The van der Waals surface area contributed by atoms with Gasteiger partial charge in [0.25, 0.3) is 0 Å². The molecule has 0 saturated carbocycles. The molecular weight excluding hydrogens is 337 g/mol. The lowest BCUT2D eigenvalue weighted by Crippen LogP contribution is -2.25. The van der Waals surface area contributed by atoms with Crippen molar-refractivity contribution in [1.82, 2.24) is 5.32 Å². The van der Waals surface area contributed by atoms with E-state index < -0.39 is 0 Å². The summed E-state index contributed by atoms with van der Waals surface area (Å²) in [5.74, 6) is 0.763. The zero-order valence-corrected chi connectivity index (χ0v) is 14.2. The minimum Gasteiger partial charge on any atom is -0.363 e. The molecule has 0 unspecified atom stereocenters. The molecule has 0 radical (unpaired) electrons. The van der Waals surface area contributed by atoms with Gasteiger partial charge in [0.1, 0.15) is 0 Å². The van der Waals surface area contributed by atoms with Crippen molar-refractivity contribution in [3.05, 3.63) is 33.8 Å². The van der Waals surface area contributed by atoms with Crippen LogP contribution in [0.1, 0.15) is 25.3 Å². The zero-order chi connectivity index (χ0) is 13.7. The maximum atomic E-state index is 6.16. The Morgan fingerprint density at radius 2 is 2.10 bits per heavy atom. The Hall–Kier alpha value is -0.420. The van der Waals surface area contributed by atoms with E-state index >= 15 is 0 Å². The Morgan fingerprint density at radius 1 is 1.30 bits per heavy atom. The first kappa shape index (κ1) is 17.6. The second kappa shape index (κ2) is 8.78. The van der Waals surface area contributed by atoms with Crippen LogP contribution in [0.5, 0.6) is 0 Å². The Morgan fingerprint density at radius 3 is 2.70 bits per heavy atom. The van der Waals surface area contributed by atoms with Crippen LogP contribution in [0, 0.1) is 0 Å². The number of hydrogen-bond acceptors (Lipinski definition) is 4. The number of thioether (sulfide) groups is 1. The topological polar surface area (TPSA) is 36.8 Å². The number of unbranched alkanes of at least 4 members (excludes halogenated alkanes) is 1. The van der Waals surface area contributed by atoms with Crippen LogP contribution >= 0.6 is 47.4 Å². The van der Waals surface area contributed by atoms with Crippen LogP contribution in [0.15, 0.2) is 28.4 Å². The van der Waals surface area contributed by atoms with Crippen molar-refractivity contribution in [1.29, 1.82) is 0 Å². The SMILES string of the molecule is CCCCNC1=NN=C(c2ccc(Cl)cc2Cl)CS1.Cl. The van der Waals surface area contributed by atoms with Crippen molar-refractivity contribution in [3.8, 4) is 0 Å². The second-order valence-electron chi connectivity index (χ2n) is 4.15. The molecule has 0 fully saturated rings. The molecule has 1 aliphatic rings. The van der Waals surface area contributed by atoms with Crippen molar-refractivity contribution in [2.45, 2.75) is 19.8 Å². The van der Waals surface area contributed by atoms with Gasteiger partial charge in [-0.25, -0.2) is 0 Å². The third-order valence-electron chi connectivity index (χ3n) is 2.66. The first-order chi connectivity index (χ1) is 9.20. The van der Waals surface area contributed by atoms with Gasteiger partial charge in [-0.2, -0.15) is 5.10 Å². The first-order valence-electron chi connectivity index (χ1n) is 6.17. The fraction of sp³-hybridized carbons (Fsp3) is 0.385. The maximum absolute atomic E-state index is 6.16. The van der Waals surface area contributed by atoms with E-state index in [4.69, 9.17) is 23.2 Å². The van der Waals surface area contributed by atoms with Crippen molar-refractivity contribution < 1.29 is 0 Å². The highest BCUT2D eigenvalue weighted by Gasteiger charge is 2.14. The smallest absolute Gasteiger partial charge is 0.183 e. The number of nitrogens with one attached hydrogen (secondary N) is 1. The fourth-order valence-electron chi connectivity index (χ4n) is 1.61. The Kier molecular flexibility index (Phi) is 7.74. The first-order valence-corrected chi connectivity index (χ1v) is 7.91. The van der Waals surface area contributed by atoms with Gasteiger partial charge < -0.3 is 5.32 Å². The summed E-state index contributed by atoms with van der Waals surface area (Å²) >= 11 is 13.7. The van der Waals surface area contributed by atoms with Crippen LogP contribution in [-0.2, 0) is 0 Å². The van der Waals surface area contributed by atoms with Crippen LogP contribution in [0.2, 0.25) is 10.0 Å². The molecular formula is C13H16Cl3N3S. The average Bonchev–Trinajstić information content (AvgIpc) is 2.40. The van der Waals surface area contributed by atoms with Gasteiger partial charge in [-0.05, 0) is 18.6 Å². The second-order valence-corrected chi connectivity index (χ2v) is 5.95. The maximum Gasteiger partial charge on any atom is 0.183 e. The van der Waals surface area contributed by atoms with E-state index in [1.165, 1.54) is 6.42 Å². The Labute approximate surface area is 139 Å². The number of nitrogens with zero attached hydrogens (tertiary/aromatic N) is 2. The standard InChI is InChI=1S/C13H15Cl2N3S.ClH/c1-2-3-6-16-13-18-17-12(8-19-13)10-5-4-9(14)7-11(10)15;/h4-5,7H,2-3,6,8H2,1H3,(H,16,18);1H. The molecule has 2 rings (SSSR count). The number of rotatable bonds is 4. The molecule has 1 aromatic rings. The number of amidine groups is 1. The van der Waals surface area contributed by atoms with E-state index in [1.54, 1.807) is 17.8 Å². The van der Waals surface area contributed by atoms with Crippen LogP contribution in [0.3, 0.4) is 0 Å². The van der Waals surface area contributed by atoms with Crippen LogP contribution < -0.4 is 5.32 Å². The van der Waals surface area contributed by atoms with E-state index in [9.17, 15) is 0 Å². The zero-order valence-electron chi connectivity index (χ0n) is 11.0. The van der Waals surface area contributed by atoms with E-state index in [2.05, 4.69) is 22.4 Å². The summed E-state index contributed by atoms with van der Waals surface area (Å²) in [5, 5.41) is 13.8. The largest absolute Gasteiger partial charge is 0.363 e. The van der Waals surface area contributed by atoms with Crippen molar-refractivity contribution in [2.75, 3.05) is 12.3 Å². The van der Waals surface area contributed by atoms with Gasteiger partial charge >= 0.3 is 0 Å². The van der Waals surface area contributed by atoms with E-state index in [-0.39, 0.29) is 12.4 Å². The highest BCUT2D eigenvalue weighted by Crippen LogP contribution is 2.24. The summed E-state index contributed by atoms with van der Waals surface area (Å²) < 4.78 is 0. The van der Waals surface area contributed by atoms with Crippen LogP contribution in [0.25, 0.3) is 0 Å². The van der Waals surface area contributed by atoms with Gasteiger partial charge in [0.05, 0.1) is 10.7 Å². The van der Waals surface area contributed by atoms with Gasteiger partial charge in [-0.15, -0.1) is 17.5 Å². The summed E-state index contributed by atoms with van der Waals surface area (Å²) in [4.78, 5) is 0. The average molecular weight is 353 g/mol. The van der Waals surface area contributed by atoms with Crippen molar-refractivity contribution in [3.63, 3.8) is 0 Å². The molecule has 1 heterocycles. The van der Waals surface area contributed by atoms with Crippen molar-refractivity contribution in [2.24, 2.45) is 10.2 Å². The predicted molar refractivity (Wildman–Crippen MR) is 93.1 cm³/mol. The molecule has 110 valence electrons. The summed E-state index contributed by atoms with van der Waals surface area (Å²) in [5.41, 5.74) is 1.78. The van der Waals surface area contributed by atoms with Gasteiger partial charge in [0.2, 0.25) is 0 Å². The molecule has 7 heteroatoms. The third-order valence-corrected chi connectivity index (χ3v) is 4.12. The molecule has 1 aliphatic heterocycles. The Bertz CT molecular complexity index is 518. The van der Waals surface area contributed by atoms with Gasteiger partial charge in [0.15, 0.2) is 5.17 Å². The van der Waals surface area contributed by atoms with Gasteiger partial charge in [-0.1, -0.05) is 54.4 Å². The molecule has 0 aromatic heterocycles. The fourth-order valence-corrected chi connectivity index (χ4v) is 2.92. The molecule has 3 nitrogen and oxygen atoms in total. The molecule has 1 aromatic carbocycles. The number of benzene rings is 1. The molecule has 0 saturated heterocycles. The molecule has 0 aliphatic carbocycles. The highest BCUT2D eigenvalue weighted by atomic mass is 35.5. The number of hydrogen-bond donors (Lipinski definition) is 1. The molecule has 0 spiro atoms. The normalized spacial score (nSPS) is 14.2. The van der Waals surface area contributed by atoms with Crippen molar-refractivity contribution >= 4 is 58.3 Å². The lowest BCUT2D eigenvalue weighted by molar-refractivity contribution is 0.757. The lowest BCUT2D eigenvalue weighted by Gasteiger charge is -2.14. The quantitative estimate of drug-likeness (QED) is 0.803. The van der Waals surface area contributed by atoms with E-state index in [0.29, 0.717) is 10.0 Å². The lowest BCUT2D eigenvalue weighted by atomic mass is 10.1. The van der Waals surface area contributed by atoms with Crippen LogP contribution in [0.4, 0.5) is 0 Å². The summed E-state index contributed by atoms with van der Waals surface area (Å²) in [6, 6.07) is 5.42. The molecule has 0 amide bonds. The number of halogens is 3. The van der Waals surface area contributed by atoms with Crippen LogP contribution in [-0.4, -0.2) is 23.2 Å². The Balaban J connectivity index is 0.00000200. The van der Waals surface area contributed by atoms with E-state index in [1.807, 2.05) is 12.1 Å².